The Morgan fingerprint density at radius 3 is 1.95 bits per heavy atom. The van der Waals surface area contributed by atoms with Crippen molar-refractivity contribution in [3.8, 4) is 0 Å². The summed E-state index contributed by atoms with van der Waals surface area (Å²) in [5.41, 5.74) is -0.917. The Morgan fingerprint density at radius 2 is 1.37 bits per heavy atom. The van der Waals surface area contributed by atoms with Crippen LogP contribution < -0.4 is 0 Å². The van der Waals surface area contributed by atoms with Gasteiger partial charge in [0.1, 0.15) is 12.2 Å². The molecule has 15 heteroatoms. The van der Waals surface area contributed by atoms with Crippen LogP contribution in [0.4, 0.5) is 0 Å². The van der Waals surface area contributed by atoms with Gasteiger partial charge in [0.2, 0.25) is 31.2 Å². The molecule has 0 saturated heterocycles. The molecule has 12 nitrogen and oxygen atoms in total. The van der Waals surface area contributed by atoms with Crippen LogP contribution in [0.5, 0.6) is 0 Å². The molecule has 0 aromatic heterocycles. The first-order valence-corrected chi connectivity index (χ1v) is 18.3. The van der Waals surface area contributed by atoms with Gasteiger partial charge in [-0.15, -0.1) is 6.58 Å². The van der Waals surface area contributed by atoms with Gasteiger partial charge in [0.25, 0.3) is 0 Å². The van der Waals surface area contributed by atoms with Crippen molar-refractivity contribution in [1.82, 2.24) is 0 Å². The lowest BCUT2D eigenvalue weighted by atomic mass is 9.43. The number of hydrogen-bond donors (Lipinski definition) is 0. The van der Waals surface area contributed by atoms with Crippen molar-refractivity contribution >= 4 is 31.2 Å². The lowest BCUT2D eigenvalue weighted by molar-refractivity contribution is -0.184. The van der Waals surface area contributed by atoms with Crippen LogP contribution in [0.3, 0.4) is 0 Å². The average molecular weight is 642 g/mol. The summed E-state index contributed by atoms with van der Waals surface area (Å²) < 4.78 is 119. The van der Waals surface area contributed by atoms with E-state index in [4.69, 9.17) is 8.37 Å². The molecule has 0 unspecified atom stereocenters. The van der Waals surface area contributed by atoms with Gasteiger partial charge in [0.05, 0.1) is 6.10 Å². The first-order valence-electron chi connectivity index (χ1n) is 14.3. The van der Waals surface area contributed by atoms with E-state index >= 15 is 0 Å². The number of unbranched alkanes of at least 4 members (excludes halogenated alkanes) is 1. The molecule has 4 aliphatic carbocycles. The zero-order valence-corrected chi connectivity index (χ0v) is 26.1. The maximum atomic E-state index is 11.9. The van der Waals surface area contributed by atoms with E-state index in [0.29, 0.717) is 11.8 Å². The van der Waals surface area contributed by atoms with E-state index in [0.717, 1.165) is 44.9 Å². The third-order valence-electron chi connectivity index (χ3n) is 11.2. The quantitative estimate of drug-likeness (QED) is 0.138. The molecule has 0 aromatic carbocycles. The van der Waals surface area contributed by atoms with Crippen LogP contribution in [0, 0.1) is 46.3 Å². The maximum Gasteiger partial charge on any atom is 0.217 e. The van der Waals surface area contributed by atoms with Gasteiger partial charge in [-0.05, 0) is 104 Å². The van der Waals surface area contributed by atoms with Crippen molar-refractivity contribution in [1.29, 1.82) is 0 Å². The van der Waals surface area contributed by atoms with Crippen LogP contribution in [0.15, 0.2) is 12.7 Å². The summed E-state index contributed by atoms with van der Waals surface area (Å²) in [5, 5.41) is 0. The summed E-state index contributed by atoms with van der Waals surface area (Å²) in [7, 11) is -15.8. The van der Waals surface area contributed by atoms with E-state index in [1.807, 2.05) is 13.0 Å². The molecule has 0 aliphatic heterocycles. The van der Waals surface area contributed by atoms with Gasteiger partial charge in [-0.3, -0.25) is 12.5 Å². The number of fused-ring (bicyclic) bond motifs is 5. The van der Waals surface area contributed by atoms with Gasteiger partial charge in [-0.1, -0.05) is 33.3 Å². The molecule has 0 amide bonds. The van der Waals surface area contributed by atoms with E-state index in [1.54, 1.807) is 0 Å². The summed E-state index contributed by atoms with van der Waals surface area (Å²) in [6.45, 7) is 10.2. The van der Waals surface area contributed by atoms with E-state index in [1.165, 1.54) is 0 Å². The van der Waals surface area contributed by atoms with Crippen molar-refractivity contribution in [2.75, 3.05) is 0 Å². The average Bonchev–Trinajstić information content (AvgIpc) is 3.15. The highest BCUT2D eigenvalue weighted by Crippen LogP contribution is 2.69. The predicted octanol–water partition coefficient (Wildman–Crippen LogP) is 3.39. The second-order valence-corrected chi connectivity index (χ2v) is 16.2. The smallest absolute Gasteiger partial charge is 0.217 e. The molecule has 238 valence electrons. The molecule has 0 bridgehead atoms. The van der Waals surface area contributed by atoms with Crippen LogP contribution in [0.25, 0.3) is 0 Å². The lowest BCUT2D eigenvalue weighted by Crippen LogP contribution is -2.62. The summed E-state index contributed by atoms with van der Waals surface area (Å²) >= 11 is 0. The molecule has 0 aromatic rings. The second kappa shape index (κ2) is 11.7. The van der Waals surface area contributed by atoms with Gasteiger partial charge in [0.15, 0.2) is 0 Å². The molecule has 0 heterocycles. The second-order valence-electron chi connectivity index (χ2n) is 13.2. The highest BCUT2D eigenvalue weighted by atomic mass is 32.3. The van der Waals surface area contributed by atoms with Gasteiger partial charge in [-0.25, -0.2) is 25.3 Å². The third kappa shape index (κ3) is 7.19. The molecule has 4 aliphatic rings. The first-order chi connectivity index (χ1) is 18.8. The van der Waals surface area contributed by atoms with Gasteiger partial charge >= 0.3 is 0 Å². The molecule has 0 N–H and O–H groups in total. The van der Waals surface area contributed by atoms with Crippen LogP contribution in [0.2, 0.25) is 0 Å². The highest BCUT2D eigenvalue weighted by Gasteiger charge is 2.64. The fraction of sp³-hybridized carbons (Fsp3) is 0.923. The molecule has 4 saturated carbocycles. The van der Waals surface area contributed by atoms with Crippen molar-refractivity contribution in [2.45, 2.75) is 103 Å². The van der Waals surface area contributed by atoms with Gasteiger partial charge in [0, 0.05) is 0 Å². The van der Waals surface area contributed by atoms with Crippen molar-refractivity contribution in [3.63, 3.8) is 0 Å². The zero-order chi connectivity index (χ0) is 30.6. The standard InChI is InChI=1S/C26H44O12S3/c1-5-6-7-8-16(2)18-9-10-19-17-13-22(36-39(27,28)29)21-14-23(37-40(30,31)32)24(38-41(33,34)35)15-26(21,4)20(17)11-12-25(18,19)3/h5,16-24H,1,6-15H2,2-4H3,(H,27,28,29)(H,30,31,32)(H,33,34,35)/p-3/t16-,17+,18-,19+,20+,21-,22+,23+,24+,25-,26-/m1/s1. The Balaban J connectivity index is 1.70. The Labute approximate surface area is 244 Å². The van der Waals surface area contributed by atoms with Crippen molar-refractivity contribution < 1.29 is 51.5 Å². The Hall–Kier alpha value is -0.650. The van der Waals surface area contributed by atoms with E-state index in [2.05, 4.69) is 24.6 Å². The minimum Gasteiger partial charge on any atom is -0.726 e. The molecule has 0 radical (unpaired) electrons. The van der Waals surface area contributed by atoms with E-state index in [-0.39, 0.29) is 42.4 Å². The van der Waals surface area contributed by atoms with E-state index in [9.17, 15) is 38.9 Å². The number of hydrogen-bond acceptors (Lipinski definition) is 12. The van der Waals surface area contributed by atoms with Crippen LogP contribution in [-0.4, -0.2) is 57.2 Å². The normalized spacial score (nSPS) is 42.1. The van der Waals surface area contributed by atoms with Crippen molar-refractivity contribution in [3.05, 3.63) is 12.7 Å². The third-order valence-corrected chi connectivity index (χ3v) is 12.6. The van der Waals surface area contributed by atoms with Gasteiger partial charge in [-0.2, -0.15) is 0 Å². The summed E-state index contributed by atoms with van der Waals surface area (Å²) in [4.78, 5) is 0. The molecular formula is C26H41O12S3-3. The summed E-state index contributed by atoms with van der Waals surface area (Å²) in [5.74, 6) is 0.235. The Kier molecular flexibility index (Phi) is 9.48. The van der Waals surface area contributed by atoms with Crippen LogP contribution >= 0.6 is 0 Å². The predicted molar refractivity (Wildman–Crippen MR) is 143 cm³/mol. The highest BCUT2D eigenvalue weighted by molar-refractivity contribution is 7.81. The SMILES string of the molecule is C=CCCC[C@@H](C)[C@H]1CC[C@H]2[C@@H]3C[C@H](OS(=O)(=O)[O-])[C@H]4C[C@H](OS(=O)(=O)[O-])[C@@H](OS(=O)(=O)[O-])C[C@]4(C)[C@H]3CC[C@]12C. The minimum atomic E-state index is -5.34. The zero-order valence-electron chi connectivity index (χ0n) is 23.7. The van der Waals surface area contributed by atoms with Crippen molar-refractivity contribution in [2.24, 2.45) is 46.3 Å². The molecule has 41 heavy (non-hydrogen) atoms. The molecule has 4 rings (SSSR count). The number of allylic oxidation sites excluding steroid dienone is 1. The largest absolute Gasteiger partial charge is 0.726 e. The first kappa shape index (κ1) is 33.2. The van der Waals surface area contributed by atoms with E-state index < -0.39 is 60.8 Å². The fourth-order valence-electron chi connectivity index (χ4n) is 9.78. The summed E-state index contributed by atoms with van der Waals surface area (Å²) in [6.07, 6.45) is 3.87. The fourth-order valence-corrected chi connectivity index (χ4v) is 11.3. The maximum absolute atomic E-state index is 11.9. The van der Waals surface area contributed by atoms with Crippen LogP contribution in [-0.2, 0) is 43.7 Å². The van der Waals surface area contributed by atoms with Gasteiger partial charge < -0.3 is 13.7 Å². The molecule has 0 spiro atoms. The monoisotopic (exact) mass is 641 g/mol. The molecular weight excluding hydrogens is 600 g/mol. The number of rotatable bonds is 11. The minimum absolute atomic E-state index is 0.0238. The Bertz CT molecular complexity index is 1300. The topological polar surface area (TPSA) is 199 Å². The summed E-state index contributed by atoms with van der Waals surface area (Å²) in [6, 6.07) is 0. The molecule has 4 fully saturated rings. The van der Waals surface area contributed by atoms with Crippen LogP contribution in [0.1, 0.15) is 85.0 Å². The lowest BCUT2D eigenvalue weighted by Gasteiger charge is -2.63. The molecule has 11 atom stereocenters. The Morgan fingerprint density at radius 1 is 0.805 bits per heavy atom.